The minimum Gasteiger partial charge on any atom is -0.350 e. The van der Waals surface area contributed by atoms with E-state index in [1.54, 1.807) is 22.8 Å². The first-order valence-corrected chi connectivity index (χ1v) is 11.4. The summed E-state index contributed by atoms with van der Waals surface area (Å²) in [6, 6.07) is 6.54. The van der Waals surface area contributed by atoms with Crippen LogP contribution in [0.4, 0.5) is 4.39 Å². The smallest absolute Gasteiger partial charge is 0.233 e. The van der Waals surface area contributed by atoms with Gasteiger partial charge in [0.2, 0.25) is 5.91 Å². The van der Waals surface area contributed by atoms with Crippen LogP contribution in [-0.2, 0) is 11.8 Å². The van der Waals surface area contributed by atoms with Crippen molar-refractivity contribution < 1.29 is 9.18 Å². The van der Waals surface area contributed by atoms with Crippen molar-refractivity contribution in [2.45, 2.75) is 61.4 Å². The molecule has 0 saturated heterocycles. The molecule has 29 heavy (non-hydrogen) atoms. The van der Waals surface area contributed by atoms with Crippen LogP contribution in [0.3, 0.4) is 0 Å². The molecule has 1 amide bonds. The summed E-state index contributed by atoms with van der Waals surface area (Å²) in [6.07, 6.45) is 7.50. The normalized spacial score (nSPS) is 31.1. The Labute approximate surface area is 174 Å². The average Bonchev–Trinajstić information content (AvgIpc) is 3.01. The summed E-state index contributed by atoms with van der Waals surface area (Å²) in [6.45, 7) is 1.91. The molecule has 1 N–H and O–H groups in total. The first kappa shape index (κ1) is 19.1. The number of nitrogens with one attached hydrogen (secondary N) is 1. The number of carbonyl (C=O) groups is 1. The van der Waals surface area contributed by atoms with Gasteiger partial charge in [-0.3, -0.25) is 4.79 Å². The van der Waals surface area contributed by atoms with Crippen molar-refractivity contribution in [1.29, 1.82) is 0 Å². The number of thioether (sulfide) groups is 1. The maximum atomic E-state index is 14.1. The molecule has 154 valence electrons. The van der Waals surface area contributed by atoms with Gasteiger partial charge in [-0.05, 0) is 75.3 Å². The van der Waals surface area contributed by atoms with Crippen molar-refractivity contribution in [2.75, 3.05) is 0 Å². The Morgan fingerprint density at radius 2 is 1.79 bits per heavy atom. The number of aromatic nitrogens is 3. The van der Waals surface area contributed by atoms with Crippen molar-refractivity contribution in [3.63, 3.8) is 0 Å². The molecule has 6 rings (SSSR count). The number of benzene rings is 1. The molecule has 1 aromatic carbocycles. The highest BCUT2D eigenvalue weighted by Gasteiger charge is 2.51. The van der Waals surface area contributed by atoms with Crippen LogP contribution in [0.25, 0.3) is 11.4 Å². The van der Waals surface area contributed by atoms with E-state index < -0.39 is 0 Å². The van der Waals surface area contributed by atoms with Gasteiger partial charge in [0.25, 0.3) is 0 Å². The van der Waals surface area contributed by atoms with Gasteiger partial charge in [-0.2, -0.15) is 0 Å². The van der Waals surface area contributed by atoms with Gasteiger partial charge in [0, 0.05) is 12.6 Å². The molecular formula is C22H27FN4OS. The van der Waals surface area contributed by atoms with Crippen molar-refractivity contribution in [2.24, 2.45) is 24.8 Å². The SMILES string of the molecule is CC(Sc1nnc(-c2ccccc2F)n1C)C(=O)NC12CC3CC(CC(C3)C1)C2. The van der Waals surface area contributed by atoms with Gasteiger partial charge in [-0.1, -0.05) is 23.9 Å². The fourth-order valence-corrected chi connectivity index (χ4v) is 6.95. The summed E-state index contributed by atoms with van der Waals surface area (Å²) in [5, 5.41) is 12.1. The number of amides is 1. The summed E-state index contributed by atoms with van der Waals surface area (Å²) in [5.74, 6) is 2.61. The summed E-state index contributed by atoms with van der Waals surface area (Å²) < 4.78 is 15.9. The molecule has 2 aromatic rings. The summed E-state index contributed by atoms with van der Waals surface area (Å²) >= 11 is 1.38. The maximum absolute atomic E-state index is 14.1. The van der Waals surface area contributed by atoms with Crippen molar-refractivity contribution >= 4 is 17.7 Å². The molecular weight excluding hydrogens is 387 g/mol. The Kier molecular flexibility index (Phi) is 4.68. The van der Waals surface area contributed by atoms with Crippen molar-refractivity contribution in [1.82, 2.24) is 20.1 Å². The van der Waals surface area contributed by atoms with E-state index in [1.807, 2.05) is 14.0 Å². The lowest BCUT2D eigenvalue weighted by molar-refractivity contribution is -0.126. The molecule has 4 bridgehead atoms. The summed E-state index contributed by atoms with van der Waals surface area (Å²) in [5.41, 5.74) is 0.429. The quantitative estimate of drug-likeness (QED) is 0.746. The Morgan fingerprint density at radius 3 is 2.41 bits per heavy atom. The van der Waals surface area contributed by atoms with Crippen LogP contribution in [0, 0.1) is 23.6 Å². The Balaban J connectivity index is 1.28. The van der Waals surface area contributed by atoms with Gasteiger partial charge in [-0.25, -0.2) is 4.39 Å². The van der Waals surface area contributed by atoms with Gasteiger partial charge in [-0.15, -0.1) is 10.2 Å². The van der Waals surface area contributed by atoms with E-state index in [2.05, 4.69) is 15.5 Å². The molecule has 5 nitrogen and oxygen atoms in total. The third-order valence-electron chi connectivity index (χ3n) is 7.03. The molecule has 4 saturated carbocycles. The first-order valence-electron chi connectivity index (χ1n) is 10.6. The van der Waals surface area contributed by atoms with E-state index in [1.165, 1.54) is 37.1 Å². The fourth-order valence-electron chi connectivity index (χ4n) is 6.13. The zero-order valence-corrected chi connectivity index (χ0v) is 17.7. The second kappa shape index (κ2) is 7.11. The Hall–Kier alpha value is -1.89. The number of halogens is 1. The molecule has 1 heterocycles. The van der Waals surface area contributed by atoms with E-state index in [-0.39, 0.29) is 22.5 Å². The second-order valence-corrected chi connectivity index (χ2v) is 10.6. The molecule has 0 radical (unpaired) electrons. The first-order chi connectivity index (χ1) is 13.9. The zero-order chi connectivity index (χ0) is 20.2. The van der Waals surface area contributed by atoms with Gasteiger partial charge in [0.15, 0.2) is 11.0 Å². The predicted octanol–water partition coefficient (Wildman–Crippen LogP) is 4.19. The van der Waals surface area contributed by atoms with E-state index in [0.29, 0.717) is 16.5 Å². The van der Waals surface area contributed by atoms with E-state index in [0.717, 1.165) is 37.0 Å². The molecule has 1 atom stereocenters. The standard InChI is InChI=1S/C22H27FN4OS/c1-13(20(28)24-22-10-14-7-15(11-22)9-16(8-14)12-22)29-21-26-25-19(27(21)2)17-5-3-4-6-18(17)23/h3-6,13-16H,7-12H2,1-2H3,(H,24,28). The summed E-state index contributed by atoms with van der Waals surface area (Å²) in [7, 11) is 1.81. The highest BCUT2D eigenvalue weighted by molar-refractivity contribution is 8.00. The number of rotatable bonds is 5. The van der Waals surface area contributed by atoms with Crippen molar-refractivity contribution in [3.05, 3.63) is 30.1 Å². The highest BCUT2D eigenvalue weighted by Crippen LogP contribution is 2.55. The topological polar surface area (TPSA) is 59.8 Å². The molecule has 0 spiro atoms. The molecule has 4 aliphatic rings. The third-order valence-corrected chi connectivity index (χ3v) is 8.16. The fraction of sp³-hybridized carbons (Fsp3) is 0.591. The van der Waals surface area contributed by atoms with Crippen molar-refractivity contribution in [3.8, 4) is 11.4 Å². The maximum Gasteiger partial charge on any atom is 0.233 e. The number of hydrogen-bond donors (Lipinski definition) is 1. The van der Waals surface area contributed by atoms with Crippen LogP contribution in [0.1, 0.15) is 45.4 Å². The zero-order valence-electron chi connectivity index (χ0n) is 16.9. The lowest BCUT2D eigenvalue weighted by atomic mass is 9.53. The molecule has 7 heteroatoms. The number of nitrogens with zero attached hydrogens (tertiary/aromatic N) is 3. The van der Waals surface area contributed by atoms with Crippen LogP contribution < -0.4 is 5.32 Å². The Morgan fingerprint density at radius 1 is 1.17 bits per heavy atom. The van der Waals surface area contributed by atoms with Crippen LogP contribution in [0.5, 0.6) is 0 Å². The monoisotopic (exact) mass is 414 g/mol. The largest absolute Gasteiger partial charge is 0.350 e. The second-order valence-electron chi connectivity index (χ2n) is 9.29. The lowest BCUT2D eigenvalue weighted by Crippen LogP contribution is -2.60. The molecule has 1 unspecified atom stereocenters. The van der Waals surface area contributed by atoms with Crippen LogP contribution in [0.2, 0.25) is 0 Å². The molecule has 1 aromatic heterocycles. The third kappa shape index (κ3) is 3.47. The van der Waals surface area contributed by atoms with Gasteiger partial charge in [0.05, 0.1) is 10.8 Å². The van der Waals surface area contributed by atoms with Gasteiger partial charge >= 0.3 is 0 Å². The van der Waals surface area contributed by atoms with E-state index >= 15 is 0 Å². The minimum atomic E-state index is -0.327. The van der Waals surface area contributed by atoms with Crippen LogP contribution in [0.15, 0.2) is 29.4 Å². The van der Waals surface area contributed by atoms with E-state index in [9.17, 15) is 9.18 Å². The number of carbonyl (C=O) groups excluding carboxylic acids is 1. The minimum absolute atomic E-state index is 0.0128. The Bertz CT molecular complexity index is 907. The van der Waals surface area contributed by atoms with Gasteiger partial charge in [0.1, 0.15) is 5.82 Å². The van der Waals surface area contributed by atoms with Crippen LogP contribution in [-0.4, -0.2) is 31.5 Å². The van der Waals surface area contributed by atoms with E-state index in [4.69, 9.17) is 0 Å². The predicted molar refractivity (Wildman–Crippen MR) is 111 cm³/mol. The average molecular weight is 415 g/mol. The lowest BCUT2D eigenvalue weighted by Gasteiger charge is -2.57. The molecule has 4 fully saturated rings. The molecule has 4 aliphatic carbocycles. The number of hydrogen-bond acceptors (Lipinski definition) is 4. The van der Waals surface area contributed by atoms with Crippen LogP contribution >= 0.6 is 11.8 Å². The molecule has 0 aliphatic heterocycles. The van der Waals surface area contributed by atoms with Gasteiger partial charge < -0.3 is 9.88 Å². The summed E-state index contributed by atoms with van der Waals surface area (Å²) in [4.78, 5) is 13.0. The highest BCUT2D eigenvalue weighted by atomic mass is 32.2.